The third-order valence-corrected chi connectivity index (χ3v) is 2.92. The van der Waals surface area contributed by atoms with Crippen molar-refractivity contribution in [3.05, 3.63) is 23.4 Å². The van der Waals surface area contributed by atoms with Gasteiger partial charge in [-0.2, -0.15) is 0 Å². The lowest BCUT2D eigenvalue weighted by atomic mass is 10.1. The van der Waals surface area contributed by atoms with Gasteiger partial charge in [-0.1, -0.05) is 13.3 Å². The van der Waals surface area contributed by atoms with Crippen molar-refractivity contribution in [1.82, 2.24) is 4.98 Å². The SMILES string of the molecule is CCCc1cc(CN)cc(N(CC)C(C)C)n1. The van der Waals surface area contributed by atoms with Gasteiger partial charge in [-0.25, -0.2) is 4.98 Å². The summed E-state index contributed by atoms with van der Waals surface area (Å²) in [7, 11) is 0. The summed E-state index contributed by atoms with van der Waals surface area (Å²) in [5.74, 6) is 1.06. The van der Waals surface area contributed by atoms with Crippen molar-refractivity contribution in [2.24, 2.45) is 5.73 Å². The maximum absolute atomic E-state index is 5.76. The topological polar surface area (TPSA) is 42.1 Å². The second-order valence-electron chi connectivity index (χ2n) is 4.66. The van der Waals surface area contributed by atoms with Crippen LogP contribution in [0.3, 0.4) is 0 Å². The summed E-state index contributed by atoms with van der Waals surface area (Å²) in [6.45, 7) is 10.3. The van der Waals surface area contributed by atoms with Crippen molar-refractivity contribution in [1.29, 1.82) is 0 Å². The van der Waals surface area contributed by atoms with E-state index in [4.69, 9.17) is 10.7 Å². The van der Waals surface area contributed by atoms with Crippen LogP contribution in [0.15, 0.2) is 12.1 Å². The first-order valence-electron chi connectivity index (χ1n) is 6.58. The van der Waals surface area contributed by atoms with E-state index >= 15 is 0 Å². The van der Waals surface area contributed by atoms with E-state index in [9.17, 15) is 0 Å². The molecule has 1 heterocycles. The van der Waals surface area contributed by atoms with Crippen LogP contribution in [-0.4, -0.2) is 17.6 Å². The van der Waals surface area contributed by atoms with Gasteiger partial charge in [-0.15, -0.1) is 0 Å². The van der Waals surface area contributed by atoms with Crippen LogP contribution in [0, 0.1) is 0 Å². The summed E-state index contributed by atoms with van der Waals surface area (Å²) in [6, 6.07) is 4.71. The number of aromatic nitrogens is 1. The molecular weight excluding hydrogens is 210 g/mol. The van der Waals surface area contributed by atoms with E-state index in [0.717, 1.165) is 30.9 Å². The van der Waals surface area contributed by atoms with E-state index in [1.165, 1.54) is 5.56 Å². The molecule has 17 heavy (non-hydrogen) atoms. The van der Waals surface area contributed by atoms with Gasteiger partial charge >= 0.3 is 0 Å². The lowest BCUT2D eigenvalue weighted by Gasteiger charge is -2.27. The molecule has 0 aliphatic heterocycles. The zero-order valence-corrected chi connectivity index (χ0v) is 11.5. The Kier molecular flexibility index (Phi) is 5.42. The first-order chi connectivity index (χ1) is 8.12. The van der Waals surface area contributed by atoms with Gasteiger partial charge in [0.25, 0.3) is 0 Å². The number of nitrogens with two attached hydrogens (primary N) is 1. The molecule has 0 atom stereocenters. The minimum absolute atomic E-state index is 0.468. The highest BCUT2D eigenvalue weighted by molar-refractivity contribution is 5.43. The maximum atomic E-state index is 5.76. The lowest BCUT2D eigenvalue weighted by Crippen LogP contribution is -2.31. The van der Waals surface area contributed by atoms with Gasteiger partial charge in [-0.3, -0.25) is 0 Å². The quantitative estimate of drug-likeness (QED) is 0.824. The molecule has 1 rings (SSSR count). The largest absolute Gasteiger partial charge is 0.354 e. The van der Waals surface area contributed by atoms with Crippen molar-refractivity contribution in [2.75, 3.05) is 11.4 Å². The van der Waals surface area contributed by atoms with Gasteiger partial charge in [0, 0.05) is 24.8 Å². The van der Waals surface area contributed by atoms with E-state index in [1.807, 2.05) is 0 Å². The normalized spacial score (nSPS) is 10.9. The van der Waals surface area contributed by atoms with Gasteiger partial charge < -0.3 is 10.6 Å². The molecule has 0 radical (unpaired) electrons. The summed E-state index contributed by atoms with van der Waals surface area (Å²) in [5, 5.41) is 0. The van der Waals surface area contributed by atoms with Gasteiger partial charge in [0.15, 0.2) is 0 Å². The molecule has 0 amide bonds. The molecule has 1 aromatic heterocycles. The minimum Gasteiger partial charge on any atom is -0.354 e. The highest BCUT2D eigenvalue weighted by atomic mass is 15.2. The molecular formula is C14H25N3. The molecule has 0 bridgehead atoms. The van der Waals surface area contributed by atoms with Crippen LogP contribution in [-0.2, 0) is 13.0 Å². The van der Waals surface area contributed by atoms with Crippen LogP contribution in [0.25, 0.3) is 0 Å². The third kappa shape index (κ3) is 3.70. The van der Waals surface area contributed by atoms with Crippen molar-refractivity contribution in [3.8, 4) is 0 Å². The monoisotopic (exact) mass is 235 g/mol. The summed E-state index contributed by atoms with van der Waals surface area (Å²) in [6.07, 6.45) is 2.14. The van der Waals surface area contributed by atoms with Crippen molar-refractivity contribution in [3.63, 3.8) is 0 Å². The van der Waals surface area contributed by atoms with Crippen LogP contribution in [0.4, 0.5) is 5.82 Å². The Morgan fingerprint density at radius 1 is 1.29 bits per heavy atom. The van der Waals surface area contributed by atoms with Crippen LogP contribution < -0.4 is 10.6 Å². The average Bonchev–Trinajstić information content (AvgIpc) is 2.29. The molecule has 96 valence electrons. The number of anilines is 1. The van der Waals surface area contributed by atoms with Gasteiger partial charge in [0.05, 0.1) is 0 Å². The summed E-state index contributed by atoms with van der Waals surface area (Å²) in [4.78, 5) is 7.04. The molecule has 2 N–H and O–H groups in total. The van der Waals surface area contributed by atoms with E-state index in [2.05, 4.69) is 44.7 Å². The average molecular weight is 235 g/mol. The fourth-order valence-corrected chi connectivity index (χ4v) is 2.07. The summed E-state index contributed by atoms with van der Waals surface area (Å²) < 4.78 is 0. The van der Waals surface area contributed by atoms with Crippen molar-refractivity contribution >= 4 is 5.82 Å². The number of aryl methyl sites for hydroxylation is 1. The maximum Gasteiger partial charge on any atom is 0.129 e. The highest BCUT2D eigenvalue weighted by Crippen LogP contribution is 2.18. The summed E-state index contributed by atoms with van der Waals surface area (Å²) in [5.41, 5.74) is 8.09. The first kappa shape index (κ1) is 14.0. The zero-order chi connectivity index (χ0) is 12.8. The van der Waals surface area contributed by atoms with Crippen LogP contribution in [0.5, 0.6) is 0 Å². The molecule has 0 saturated carbocycles. The Labute approximate surface area is 105 Å². The number of hydrogen-bond acceptors (Lipinski definition) is 3. The summed E-state index contributed by atoms with van der Waals surface area (Å²) >= 11 is 0. The van der Waals surface area contributed by atoms with Crippen molar-refractivity contribution in [2.45, 2.75) is 53.1 Å². The van der Waals surface area contributed by atoms with Crippen LogP contribution >= 0.6 is 0 Å². The van der Waals surface area contributed by atoms with E-state index < -0.39 is 0 Å². The van der Waals surface area contributed by atoms with E-state index in [1.54, 1.807) is 0 Å². The fraction of sp³-hybridized carbons (Fsp3) is 0.643. The van der Waals surface area contributed by atoms with Gasteiger partial charge in [-0.05, 0) is 44.9 Å². The van der Waals surface area contributed by atoms with Crippen molar-refractivity contribution < 1.29 is 0 Å². The molecule has 0 aromatic carbocycles. The Hall–Kier alpha value is -1.09. The molecule has 0 aliphatic carbocycles. The first-order valence-corrected chi connectivity index (χ1v) is 6.58. The third-order valence-electron chi connectivity index (χ3n) is 2.92. The zero-order valence-electron chi connectivity index (χ0n) is 11.5. The number of nitrogens with zero attached hydrogens (tertiary/aromatic N) is 2. The van der Waals surface area contributed by atoms with E-state index in [0.29, 0.717) is 12.6 Å². The Bertz CT molecular complexity index is 347. The molecule has 1 aromatic rings. The fourth-order valence-electron chi connectivity index (χ4n) is 2.07. The van der Waals surface area contributed by atoms with Crippen LogP contribution in [0.2, 0.25) is 0 Å². The molecule has 0 spiro atoms. The second kappa shape index (κ2) is 6.60. The predicted octanol–water partition coefficient (Wildman–Crippen LogP) is 2.73. The van der Waals surface area contributed by atoms with Gasteiger partial charge in [0.2, 0.25) is 0 Å². The number of pyridine rings is 1. The van der Waals surface area contributed by atoms with Gasteiger partial charge in [0.1, 0.15) is 5.82 Å². The molecule has 0 fully saturated rings. The Balaban J connectivity index is 3.08. The molecule has 3 heteroatoms. The Morgan fingerprint density at radius 2 is 2.00 bits per heavy atom. The highest BCUT2D eigenvalue weighted by Gasteiger charge is 2.11. The molecule has 0 unspecified atom stereocenters. The van der Waals surface area contributed by atoms with Crippen LogP contribution in [0.1, 0.15) is 45.4 Å². The smallest absolute Gasteiger partial charge is 0.129 e. The number of hydrogen-bond donors (Lipinski definition) is 1. The number of rotatable bonds is 6. The lowest BCUT2D eigenvalue weighted by molar-refractivity contribution is 0.688. The molecule has 0 aliphatic rings. The molecule has 0 saturated heterocycles. The standard InChI is InChI=1S/C14H25N3/c1-5-7-13-8-12(10-15)9-14(16-13)17(6-2)11(3)4/h8-9,11H,5-7,10,15H2,1-4H3. The molecule has 3 nitrogen and oxygen atoms in total. The predicted molar refractivity (Wildman–Crippen MR) is 74.3 cm³/mol. The van der Waals surface area contributed by atoms with E-state index in [-0.39, 0.29) is 0 Å². The second-order valence-corrected chi connectivity index (χ2v) is 4.66. The minimum atomic E-state index is 0.468. The Morgan fingerprint density at radius 3 is 2.47 bits per heavy atom.